The van der Waals surface area contributed by atoms with Gasteiger partial charge in [-0.05, 0) is 48.4 Å². The highest BCUT2D eigenvalue weighted by Crippen LogP contribution is 2.23. The minimum Gasteiger partial charge on any atom is -0.508 e. The molecule has 0 saturated carbocycles. The molecule has 22 heavy (non-hydrogen) atoms. The molecule has 0 unspecified atom stereocenters. The normalized spacial score (nSPS) is 11.3. The van der Waals surface area contributed by atoms with E-state index in [1.165, 1.54) is 18.2 Å². The van der Waals surface area contributed by atoms with Crippen LogP contribution in [0.15, 0.2) is 42.5 Å². The van der Waals surface area contributed by atoms with Gasteiger partial charge in [0, 0.05) is 17.5 Å². The van der Waals surface area contributed by atoms with Gasteiger partial charge in [0.15, 0.2) is 0 Å². The molecule has 2 aromatic rings. The Morgan fingerprint density at radius 1 is 1.18 bits per heavy atom. The lowest BCUT2D eigenvalue weighted by atomic mass is 9.84. The zero-order valence-electron chi connectivity index (χ0n) is 13.0. The van der Waals surface area contributed by atoms with Gasteiger partial charge in [0.1, 0.15) is 11.6 Å². The van der Waals surface area contributed by atoms with E-state index in [2.05, 4.69) is 5.32 Å². The lowest BCUT2D eigenvalue weighted by Gasteiger charge is -2.25. The maximum Gasteiger partial charge on any atom is 0.251 e. The summed E-state index contributed by atoms with van der Waals surface area (Å²) in [7, 11) is 0. The Morgan fingerprint density at radius 2 is 1.82 bits per heavy atom. The monoisotopic (exact) mass is 301 g/mol. The largest absolute Gasteiger partial charge is 0.508 e. The zero-order chi connectivity index (χ0) is 16.3. The van der Waals surface area contributed by atoms with Crippen molar-refractivity contribution >= 4 is 5.91 Å². The summed E-state index contributed by atoms with van der Waals surface area (Å²) in [5.74, 6) is -0.301. The van der Waals surface area contributed by atoms with E-state index in [-0.39, 0.29) is 22.9 Å². The van der Waals surface area contributed by atoms with E-state index < -0.39 is 0 Å². The first kappa shape index (κ1) is 16.0. The summed E-state index contributed by atoms with van der Waals surface area (Å²) in [4.78, 5) is 12.2. The van der Waals surface area contributed by atoms with Crippen molar-refractivity contribution in [3.8, 4) is 5.75 Å². The Bertz CT molecular complexity index is 678. The predicted molar refractivity (Wildman–Crippen MR) is 84.6 cm³/mol. The van der Waals surface area contributed by atoms with Crippen LogP contribution in [0, 0.1) is 12.7 Å². The first-order valence-electron chi connectivity index (χ1n) is 7.13. The molecule has 2 aromatic carbocycles. The van der Waals surface area contributed by atoms with Crippen LogP contribution in [-0.4, -0.2) is 17.6 Å². The third-order valence-corrected chi connectivity index (χ3v) is 3.78. The number of nitrogens with one attached hydrogen (secondary N) is 1. The lowest BCUT2D eigenvalue weighted by molar-refractivity contribution is 0.0945. The van der Waals surface area contributed by atoms with Gasteiger partial charge in [-0.25, -0.2) is 4.39 Å². The number of rotatable bonds is 4. The van der Waals surface area contributed by atoms with Gasteiger partial charge >= 0.3 is 0 Å². The summed E-state index contributed by atoms with van der Waals surface area (Å²) >= 11 is 0. The molecule has 0 heterocycles. The molecule has 0 aliphatic heterocycles. The number of benzene rings is 2. The molecule has 2 N–H and O–H groups in total. The standard InChI is InChI=1S/C18H20FNO2/c1-12-10-13(4-9-16(12)21)17(22)20-11-18(2,3)14-5-7-15(19)8-6-14/h4-10,21H,11H2,1-3H3,(H,20,22). The number of carbonyl (C=O) groups is 1. The highest BCUT2D eigenvalue weighted by Gasteiger charge is 2.21. The summed E-state index contributed by atoms with van der Waals surface area (Å²) in [5.41, 5.74) is 1.81. The Hall–Kier alpha value is -2.36. The van der Waals surface area contributed by atoms with E-state index in [9.17, 15) is 14.3 Å². The fraction of sp³-hybridized carbons (Fsp3) is 0.278. The second-order valence-corrected chi connectivity index (χ2v) is 6.07. The molecule has 0 bridgehead atoms. The molecule has 0 aliphatic carbocycles. The third kappa shape index (κ3) is 3.64. The van der Waals surface area contributed by atoms with Gasteiger partial charge in [-0.15, -0.1) is 0 Å². The fourth-order valence-electron chi connectivity index (χ4n) is 2.20. The van der Waals surface area contributed by atoms with Crippen molar-refractivity contribution in [1.29, 1.82) is 0 Å². The molecule has 0 radical (unpaired) electrons. The Kier molecular flexibility index (Phi) is 4.50. The summed E-state index contributed by atoms with van der Waals surface area (Å²) in [6.07, 6.45) is 0. The number of aryl methyl sites for hydroxylation is 1. The molecule has 0 spiro atoms. The van der Waals surface area contributed by atoms with Crippen LogP contribution in [0.3, 0.4) is 0 Å². The van der Waals surface area contributed by atoms with Gasteiger partial charge < -0.3 is 10.4 Å². The molecular formula is C18H20FNO2. The number of phenols is 1. The maximum absolute atomic E-state index is 13.0. The van der Waals surface area contributed by atoms with Gasteiger partial charge in [0.2, 0.25) is 0 Å². The molecular weight excluding hydrogens is 281 g/mol. The summed E-state index contributed by atoms with van der Waals surface area (Å²) in [5, 5.41) is 12.4. The number of hydrogen-bond donors (Lipinski definition) is 2. The molecule has 0 aliphatic rings. The van der Waals surface area contributed by atoms with Crippen molar-refractivity contribution in [1.82, 2.24) is 5.32 Å². The van der Waals surface area contributed by atoms with Crippen LogP contribution in [0.2, 0.25) is 0 Å². The number of aromatic hydroxyl groups is 1. The number of halogens is 1. The molecule has 0 aromatic heterocycles. The molecule has 3 nitrogen and oxygen atoms in total. The van der Waals surface area contributed by atoms with Gasteiger partial charge in [-0.3, -0.25) is 4.79 Å². The number of phenolic OH excluding ortho intramolecular Hbond substituents is 1. The van der Waals surface area contributed by atoms with Gasteiger partial charge in [-0.2, -0.15) is 0 Å². The van der Waals surface area contributed by atoms with E-state index in [0.717, 1.165) is 5.56 Å². The first-order valence-corrected chi connectivity index (χ1v) is 7.13. The summed E-state index contributed by atoms with van der Waals surface area (Å²) in [6, 6.07) is 11.0. The van der Waals surface area contributed by atoms with Crippen LogP contribution in [0.4, 0.5) is 4.39 Å². The third-order valence-electron chi connectivity index (χ3n) is 3.78. The Labute approximate surface area is 129 Å². The average molecular weight is 301 g/mol. The minimum absolute atomic E-state index is 0.170. The van der Waals surface area contributed by atoms with Crippen molar-refractivity contribution in [2.45, 2.75) is 26.2 Å². The highest BCUT2D eigenvalue weighted by molar-refractivity contribution is 5.94. The number of amides is 1. The minimum atomic E-state index is -0.310. The van der Waals surface area contributed by atoms with Crippen LogP contribution in [0.5, 0.6) is 5.75 Å². The van der Waals surface area contributed by atoms with Crippen LogP contribution >= 0.6 is 0 Å². The molecule has 0 saturated heterocycles. The Balaban J connectivity index is 2.06. The van der Waals surface area contributed by atoms with Crippen molar-refractivity contribution in [3.63, 3.8) is 0 Å². The molecule has 4 heteroatoms. The molecule has 0 fully saturated rings. The maximum atomic E-state index is 13.0. The highest BCUT2D eigenvalue weighted by atomic mass is 19.1. The van der Waals surface area contributed by atoms with Crippen molar-refractivity contribution in [3.05, 3.63) is 65.0 Å². The van der Waals surface area contributed by atoms with Crippen LogP contribution < -0.4 is 5.32 Å². The van der Waals surface area contributed by atoms with Crippen LogP contribution in [0.1, 0.15) is 35.3 Å². The van der Waals surface area contributed by atoms with Crippen molar-refractivity contribution in [2.75, 3.05) is 6.54 Å². The summed E-state index contributed by atoms with van der Waals surface area (Å²) < 4.78 is 13.0. The van der Waals surface area contributed by atoms with E-state index >= 15 is 0 Å². The first-order chi connectivity index (χ1) is 10.3. The van der Waals surface area contributed by atoms with E-state index in [1.54, 1.807) is 31.2 Å². The zero-order valence-corrected chi connectivity index (χ0v) is 13.0. The predicted octanol–water partition coefficient (Wildman–Crippen LogP) is 3.55. The van der Waals surface area contributed by atoms with E-state index in [1.807, 2.05) is 13.8 Å². The molecule has 0 atom stereocenters. The van der Waals surface area contributed by atoms with Crippen molar-refractivity contribution < 1.29 is 14.3 Å². The van der Waals surface area contributed by atoms with Gasteiger partial charge in [0.05, 0.1) is 0 Å². The van der Waals surface area contributed by atoms with Crippen LogP contribution in [0.25, 0.3) is 0 Å². The van der Waals surface area contributed by atoms with E-state index in [4.69, 9.17) is 0 Å². The fourth-order valence-corrected chi connectivity index (χ4v) is 2.20. The summed E-state index contributed by atoms with van der Waals surface area (Å²) in [6.45, 7) is 6.15. The van der Waals surface area contributed by atoms with Gasteiger partial charge in [-0.1, -0.05) is 26.0 Å². The number of carbonyl (C=O) groups excluding carboxylic acids is 1. The van der Waals surface area contributed by atoms with Gasteiger partial charge in [0.25, 0.3) is 5.91 Å². The van der Waals surface area contributed by atoms with Crippen molar-refractivity contribution in [2.24, 2.45) is 0 Å². The second kappa shape index (κ2) is 6.18. The average Bonchev–Trinajstić information content (AvgIpc) is 2.48. The topological polar surface area (TPSA) is 49.3 Å². The molecule has 1 amide bonds. The van der Waals surface area contributed by atoms with Crippen LogP contribution in [-0.2, 0) is 5.41 Å². The second-order valence-electron chi connectivity index (χ2n) is 6.07. The molecule has 116 valence electrons. The SMILES string of the molecule is Cc1cc(C(=O)NCC(C)(C)c2ccc(F)cc2)ccc1O. The Morgan fingerprint density at radius 3 is 2.41 bits per heavy atom. The number of hydrogen-bond acceptors (Lipinski definition) is 2. The smallest absolute Gasteiger partial charge is 0.251 e. The quantitative estimate of drug-likeness (QED) is 0.907. The molecule has 2 rings (SSSR count). The lowest BCUT2D eigenvalue weighted by Crippen LogP contribution is -2.36. The van der Waals surface area contributed by atoms with E-state index in [0.29, 0.717) is 17.7 Å².